The lowest BCUT2D eigenvalue weighted by Gasteiger charge is -2.33. The molecule has 0 bridgehead atoms. The molecule has 24 heavy (non-hydrogen) atoms. The number of hydrogen-bond donors (Lipinski definition) is 1. The topological polar surface area (TPSA) is 46.5 Å². The van der Waals surface area contributed by atoms with E-state index in [0.717, 1.165) is 44.9 Å². The summed E-state index contributed by atoms with van der Waals surface area (Å²) in [4.78, 5) is 12.6. The number of rotatable bonds is 12. The number of aromatic hydroxyl groups is 1. The Hall–Kier alpha value is -1.51. The zero-order valence-corrected chi connectivity index (χ0v) is 15.6. The van der Waals surface area contributed by atoms with Gasteiger partial charge in [0.15, 0.2) is 0 Å². The van der Waals surface area contributed by atoms with Gasteiger partial charge in [0.1, 0.15) is 16.9 Å². The van der Waals surface area contributed by atoms with Crippen LogP contribution in [0.5, 0.6) is 5.75 Å². The molecule has 0 saturated carbocycles. The summed E-state index contributed by atoms with van der Waals surface area (Å²) in [6, 6.07) is 6.62. The van der Waals surface area contributed by atoms with Crippen LogP contribution in [-0.4, -0.2) is 16.7 Å². The fraction of sp³-hybridized carbons (Fsp3) is 0.667. The Labute approximate surface area is 147 Å². The van der Waals surface area contributed by atoms with Gasteiger partial charge in [-0.3, -0.25) is 0 Å². The molecule has 0 saturated heterocycles. The molecule has 0 spiro atoms. The highest BCUT2D eigenvalue weighted by molar-refractivity contribution is 5.92. The Morgan fingerprint density at radius 1 is 0.958 bits per heavy atom. The molecule has 136 valence electrons. The average molecular weight is 334 g/mol. The number of esters is 1. The van der Waals surface area contributed by atoms with E-state index in [9.17, 15) is 9.90 Å². The highest BCUT2D eigenvalue weighted by atomic mass is 16.6. The smallest absolute Gasteiger partial charge is 0.342 e. The van der Waals surface area contributed by atoms with Gasteiger partial charge in [-0.25, -0.2) is 4.79 Å². The van der Waals surface area contributed by atoms with Gasteiger partial charge in [-0.2, -0.15) is 0 Å². The van der Waals surface area contributed by atoms with E-state index in [1.54, 1.807) is 18.2 Å². The Kier molecular flexibility index (Phi) is 9.51. The molecule has 1 rings (SSSR count). The van der Waals surface area contributed by atoms with Gasteiger partial charge in [-0.1, -0.05) is 65.0 Å². The molecule has 0 aliphatic heterocycles. The van der Waals surface area contributed by atoms with Crippen molar-refractivity contribution in [1.29, 1.82) is 0 Å². The summed E-state index contributed by atoms with van der Waals surface area (Å²) < 4.78 is 5.98. The predicted octanol–water partition coefficient (Wildman–Crippen LogP) is 6.25. The monoisotopic (exact) mass is 334 g/mol. The summed E-state index contributed by atoms with van der Waals surface area (Å²) in [5.41, 5.74) is -0.137. The van der Waals surface area contributed by atoms with Gasteiger partial charge in [-0.15, -0.1) is 0 Å². The van der Waals surface area contributed by atoms with Crippen molar-refractivity contribution in [3.63, 3.8) is 0 Å². The maximum absolute atomic E-state index is 12.6. The molecular formula is C21H34O3. The Morgan fingerprint density at radius 2 is 1.54 bits per heavy atom. The lowest BCUT2D eigenvalue weighted by molar-refractivity contribution is -0.0324. The summed E-state index contributed by atoms with van der Waals surface area (Å²) in [6.45, 7) is 6.49. The molecule has 1 atom stereocenters. The molecule has 0 heterocycles. The zero-order valence-electron chi connectivity index (χ0n) is 15.6. The lowest BCUT2D eigenvalue weighted by Crippen LogP contribution is -2.34. The number of unbranched alkanes of at least 4 members (excludes halogenated alkanes) is 5. The SMILES string of the molecule is CCCCCCC(CC)(CCCCC)OC(=O)c1ccccc1O. The third-order valence-corrected chi connectivity index (χ3v) is 4.80. The van der Waals surface area contributed by atoms with Crippen LogP contribution in [0.3, 0.4) is 0 Å². The van der Waals surface area contributed by atoms with Gasteiger partial charge < -0.3 is 9.84 Å². The van der Waals surface area contributed by atoms with Crippen molar-refractivity contribution >= 4 is 5.97 Å². The van der Waals surface area contributed by atoms with E-state index in [4.69, 9.17) is 4.74 Å². The fourth-order valence-corrected chi connectivity index (χ4v) is 3.12. The standard InChI is InChI=1S/C21H34O3/c1-4-7-9-13-17-21(6-3,16-12-8-5-2)24-20(23)18-14-10-11-15-19(18)22/h10-11,14-15,22H,4-9,12-13,16-17H2,1-3H3. The number of ether oxygens (including phenoxy) is 1. The van der Waals surface area contributed by atoms with Crippen molar-refractivity contribution in [2.45, 2.75) is 90.6 Å². The Bertz CT molecular complexity index is 484. The Balaban J connectivity index is 2.81. The van der Waals surface area contributed by atoms with Gasteiger partial charge in [0, 0.05) is 0 Å². The van der Waals surface area contributed by atoms with Crippen LogP contribution in [-0.2, 0) is 4.74 Å². The summed E-state index contributed by atoms with van der Waals surface area (Å²) in [7, 11) is 0. The molecule has 1 aromatic rings. The first kappa shape index (κ1) is 20.5. The van der Waals surface area contributed by atoms with E-state index >= 15 is 0 Å². The van der Waals surface area contributed by atoms with E-state index in [0.29, 0.717) is 0 Å². The molecule has 1 N–H and O–H groups in total. The normalized spacial score (nSPS) is 13.5. The summed E-state index contributed by atoms with van der Waals surface area (Å²) in [5.74, 6) is -0.408. The second-order valence-electron chi connectivity index (χ2n) is 6.71. The number of phenols is 1. The number of phenolic OH excluding ortho intramolecular Hbond substituents is 1. The zero-order chi connectivity index (χ0) is 17.8. The average Bonchev–Trinajstić information content (AvgIpc) is 2.59. The molecule has 0 aliphatic carbocycles. The van der Waals surface area contributed by atoms with Gasteiger partial charge in [0.05, 0.1) is 0 Å². The van der Waals surface area contributed by atoms with Gasteiger partial charge in [0.2, 0.25) is 0 Å². The minimum absolute atomic E-state index is 0.00737. The maximum atomic E-state index is 12.6. The maximum Gasteiger partial charge on any atom is 0.342 e. The molecule has 0 radical (unpaired) electrons. The number of para-hydroxylation sites is 1. The van der Waals surface area contributed by atoms with Crippen LogP contribution in [0.4, 0.5) is 0 Å². The number of benzene rings is 1. The van der Waals surface area contributed by atoms with E-state index in [2.05, 4.69) is 20.8 Å². The summed E-state index contributed by atoms with van der Waals surface area (Å²) >= 11 is 0. The third kappa shape index (κ3) is 6.54. The largest absolute Gasteiger partial charge is 0.507 e. The highest BCUT2D eigenvalue weighted by Gasteiger charge is 2.32. The summed E-state index contributed by atoms with van der Waals surface area (Å²) in [5, 5.41) is 9.91. The van der Waals surface area contributed by atoms with Gasteiger partial charge in [0.25, 0.3) is 0 Å². The first-order valence-electron chi connectivity index (χ1n) is 9.60. The van der Waals surface area contributed by atoms with Crippen molar-refractivity contribution in [2.24, 2.45) is 0 Å². The van der Waals surface area contributed by atoms with Crippen LogP contribution in [0.25, 0.3) is 0 Å². The van der Waals surface area contributed by atoms with Crippen LogP contribution in [0, 0.1) is 0 Å². The number of carbonyl (C=O) groups excluding carboxylic acids is 1. The first-order chi connectivity index (χ1) is 11.6. The second kappa shape index (κ2) is 11.1. The number of hydrogen-bond acceptors (Lipinski definition) is 3. The molecule has 0 amide bonds. The quantitative estimate of drug-likeness (QED) is 0.363. The minimum atomic E-state index is -0.401. The second-order valence-corrected chi connectivity index (χ2v) is 6.71. The van der Waals surface area contributed by atoms with Crippen molar-refractivity contribution in [3.8, 4) is 5.75 Å². The van der Waals surface area contributed by atoms with E-state index < -0.39 is 11.6 Å². The minimum Gasteiger partial charge on any atom is -0.507 e. The van der Waals surface area contributed by atoms with Crippen LogP contribution in [0.15, 0.2) is 24.3 Å². The summed E-state index contributed by atoms with van der Waals surface area (Å²) in [6.07, 6.45) is 10.7. The Morgan fingerprint density at radius 3 is 2.12 bits per heavy atom. The third-order valence-electron chi connectivity index (χ3n) is 4.80. The molecule has 0 fully saturated rings. The van der Waals surface area contributed by atoms with Crippen LogP contribution >= 0.6 is 0 Å². The van der Waals surface area contributed by atoms with Crippen LogP contribution in [0.2, 0.25) is 0 Å². The lowest BCUT2D eigenvalue weighted by atomic mass is 9.87. The van der Waals surface area contributed by atoms with Crippen LogP contribution in [0.1, 0.15) is 95.3 Å². The molecule has 1 unspecified atom stereocenters. The highest BCUT2D eigenvalue weighted by Crippen LogP contribution is 2.32. The molecular weight excluding hydrogens is 300 g/mol. The van der Waals surface area contributed by atoms with Gasteiger partial charge in [-0.05, 0) is 44.2 Å². The molecule has 0 aromatic heterocycles. The van der Waals surface area contributed by atoms with Gasteiger partial charge >= 0.3 is 5.97 Å². The molecule has 3 heteroatoms. The molecule has 1 aromatic carbocycles. The molecule has 3 nitrogen and oxygen atoms in total. The number of carbonyl (C=O) groups is 1. The fourth-order valence-electron chi connectivity index (χ4n) is 3.12. The van der Waals surface area contributed by atoms with Crippen LogP contribution < -0.4 is 0 Å². The predicted molar refractivity (Wildman–Crippen MR) is 99.4 cm³/mol. The van der Waals surface area contributed by atoms with Crippen molar-refractivity contribution in [3.05, 3.63) is 29.8 Å². The van der Waals surface area contributed by atoms with E-state index in [-0.39, 0.29) is 11.3 Å². The van der Waals surface area contributed by atoms with E-state index in [1.165, 1.54) is 25.3 Å². The van der Waals surface area contributed by atoms with Crippen molar-refractivity contribution in [2.75, 3.05) is 0 Å². The van der Waals surface area contributed by atoms with Crippen molar-refractivity contribution in [1.82, 2.24) is 0 Å². The first-order valence-corrected chi connectivity index (χ1v) is 9.60. The van der Waals surface area contributed by atoms with E-state index in [1.807, 2.05) is 0 Å². The van der Waals surface area contributed by atoms with Crippen molar-refractivity contribution < 1.29 is 14.6 Å². The molecule has 0 aliphatic rings.